The lowest BCUT2D eigenvalue weighted by molar-refractivity contribution is -0.116. The Bertz CT molecular complexity index is 1230. The molecule has 2 aromatic carbocycles. The first-order chi connectivity index (χ1) is 13.0. The topological polar surface area (TPSA) is 68.4 Å². The minimum Gasteiger partial charge on any atom is -0.324 e. The van der Waals surface area contributed by atoms with Crippen LogP contribution < -0.4 is 10.9 Å². The van der Waals surface area contributed by atoms with Crippen molar-refractivity contribution in [2.24, 2.45) is 0 Å². The number of para-hydroxylation sites is 2. The van der Waals surface area contributed by atoms with Gasteiger partial charge < -0.3 is 5.32 Å². The van der Waals surface area contributed by atoms with Crippen LogP contribution in [-0.4, -0.2) is 20.1 Å². The molecule has 4 aromatic rings. The molecule has 6 heteroatoms. The van der Waals surface area contributed by atoms with Gasteiger partial charge in [0.2, 0.25) is 5.91 Å². The third-order valence-corrected chi connectivity index (χ3v) is 4.74. The molecule has 0 aliphatic heterocycles. The zero-order chi connectivity index (χ0) is 19.1. The molecule has 0 spiro atoms. The molecule has 2 heterocycles. The number of rotatable bonds is 3. The molecule has 0 radical (unpaired) electrons. The molecule has 0 saturated heterocycles. The van der Waals surface area contributed by atoms with Crippen molar-refractivity contribution in [2.45, 2.75) is 27.3 Å². The van der Waals surface area contributed by atoms with E-state index in [1.807, 2.05) is 63.2 Å². The molecular weight excluding hydrogens is 340 g/mol. The van der Waals surface area contributed by atoms with E-state index < -0.39 is 0 Å². The quantitative estimate of drug-likeness (QED) is 0.610. The zero-order valence-electron chi connectivity index (χ0n) is 15.5. The van der Waals surface area contributed by atoms with E-state index in [0.717, 1.165) is 28.0 Å². The van der Waals surface area contributed by atoms with E-state index >= 15 is 0 Å². The molecule has 0 saturated carbocycles. The first-order valence-electron chi connectivity index (χ1n) is 8.79. The van der Waals surface area contributed by atoms with Gasteiger partial charge in [-0.15, -0.1) is 0 Å². The summed E-state index contributed by atoms with van der Waals surface area (Å²) in [7, 11) is 0. The second-order valence-electron chi connectivity index (χ2n) is 6.78. The normalized spacial score (nSPS) is 11.2. The molecule has 0 aliphatic carbocycles. The Morgan fingerprint density at radius 1 is 1.04 bits per heavy atom. The fourth-order valence-corrected chi connectivity index (χ4v) is 3.43. The van der Waals surface area contributed by atoms with Gasteiger partial charge in [0.15, 0.2) is 0 Å². The highest BCUT2D eigenvalue weighted by molar-refractivity contribution is 5.93. The molecule has 27 heavy (non-hydrogen) atoms. The van der Waals surface area contributed by atoms with Gasteiger partial charge in [0.1, 0.15) is 12.2 Å². The molecule has 2 aromatic heterocycles. The highest BCUT2D eigenvalue weighted by Gasteiger charge is 2.15. The van der Waals surface area contributed by atoms with Gasteiger partial charge in [0.25, 0.3) is 5.56 Å². The van der Waals surface area contributed by atoms with Gasteiger partial charge in [-0.2, -0.15) is 5.10 Å². The summed E-state index contributed by atoms with van der Waals surface area (Å²) in [5, 5.41) is 7.97. The van der Waals surface area contributed by atoms with Crippen molar-refractivity contribution in [3.05, 3.63) is 75.7 Å². The second kappa shape index (κ2) is 6.39. The van der Waals surface area contributed by atoms with Crippen molar-refractivity contribution in [3.63, 3.8) is 0 Å². The van der Waals surface area contributed by atoms with Gasteiger partial charge in [-0.1, -0.05) is 30.3 Å². The molecule has 0 atom stereocenters. The van der Waals surface area contributed by atoms with Crippen molar-refractivity contribution >= 4 is 28.1 Å². The number of fused-ring (bicyclic) bond motifs is 3. The lowest BCUT2D eigenvalue weighted by Gasteiger charge is -2.14. The number of hydrogen-bond donors (Lipinski definition) is 1. The summed E-state index contributed by atoms with van der Waals surface area (Å²) in [5.74, 6) is -0.245. The number of hydrogen-bond acceptors (Lipinski definition) is 3. The number of benzene rings is 2. The molecule has 0 fully saturated rings. The predicted molar refractivity (Wildman–Crippen MR) is 106 cm³/mol. The summed E-state index contributed by atoms with van der Waals surface area (Å²) in [6.07, 6.45) is 0. The monoisotopic (exact) mass is 360 g/mol. The fraction of sp³-hybridized carbons (Fsp3) is 0.190. The highest BCUT2D eigenvalue weighted by atomic mass is 16.2. The average molecular weight is 360 g/mol. The van der Waals surface area contributed by atoms with Gasteiger partial charge in [0.05, 0.1) is 16.6 Å². The van der Waals surface area contributed by atoms with Gasteiger partial charge >= 0.3 is 0 Å². The summed E-state index contributed by atoms with van der Waals surface area (Å²) in [6, 6.07) is 15.0. The molecule has 6 nitrogen and oxygen atoms in total. The Labute approximate surface area is 156 Å². The van der Waals surface area contributed by atoms with E-state index in [0.29, 0.717) is 11.0 Å². The molecule has 1 N–H and O–H groups in total. The van der Waals surface area contributed by atoms with E-state index in [9.17, 15) is 9.59 Å². The number of carbonyl (C=O) groups is 1. The van der Waals surface area contributed by atoms with Crippen molar-refractivity contribution in [1.82, 2.24) is 14.2 Å². The van der Waals surface area contributed by atoms with Crippen LogP contribution in [0.1, 0.15) is 16.8 Å². The lowest BCUT2D eigenvalue weighted by Crippen LogP contribution is -2.29. The summed E-state index contributed by atoms with van der Waals surface area (Å²) in [4.78, 5) is 25.7. The summed E-state index contributed by atoms with van der Waals surface area (Å²) in [5.41, 5.74) is 4.69. The van der Waals surface area contributed by atoms with Crippen molar-refractivity contribution in [3.8, 4) is 0 Å². The summed E-state index contributed by atoms with van der Waals surface area (Å²) in [6.45, 7) is 5.69. The maximum atomic E-state index is 13.0. The van der Waals surface area contributed by atoms with E-state index in [2.05, 4.69) is 10.4 Å². The number of nitrogens with one attached hydrogen (secondary N) is 1. The Morgan fingerprint density at radius 3 is 2.48 bits per heavy atom. The SMILES string of the molecule is Cc1cc2n(CC(=O)Nc3c(C)cccc3C)c(=O)c3ccccc3n2n1. The maximum absolute atomic E-state index is 13.0. The predicted octanol–water partition coefficient (Wildman–Crippen LogP) is 3.21. The number of anilines is 1. The van der Waals surface area contributed by atoms with Crippen LogP contribution in [-0.2, 0) is 11.3 Å². The summed E-state index contributed by atoms with van der Waals surface area (Å²) < 4.78 is 3.20. The lowest BCUT2D eigenvalue weighted by atomic mass is 10.1. The van der Waals surface area contributed by atoms with Crippen LogP contribution in [0.15, 0.2) is 53.3 Å². The van der Waals surface area contributed by atoms with Gasteiger partial charge in [-0.05, 0) is 44.0 Å². The number of carbonyl (C=O) groups excluding carboxylic acids is 1. The van der Waals surface area contributed by atoms with E-state index in [1.54, 1.807) is 10.6 Å². The highest BCUT2D eigenvalue weighted by Crippen LogP contribution is 2.20. The largest absolute Gasteiger partial charge is 0.324 e. The molecule has 0 aliphatic rings. The Hall–Kier alpha value is -3.41. The number of aromatic nitrogens is 3. The van der Waals surface area contributed by atoms with Crippen LogP contribution in [0, 0.1) is 20.8 Å². The van der Waals surface area contributed by atoms with Gasteiger partial charge in [-0.3, -0.25) is 14.2 Å². The molecular formula is C21H20N4O2. The Balaban J connectivity index is 1.80. The third-order valence-electron chi connectivity index (χ3n) is 4.74. The second-order valence-corrected chi connectivity index (χ2v) is 6.78. The van der Waals surface area contributed by atoms with Gasteiger partial charge in [0, 0.05) is 11.8 Å². The van der Waals surface area contributed by atoms with E-state index in [4.69, 9.17) is 0 Å². The standard InChI is InChI=1S/C21H20N4O2/c1-13-7-6-8-14(2)20(13)22-18(26)12-24-19-11-15(3)23-25(19)17-10-5-4-9-16(17)21(24)27/h4-11H,12H2,1-3H3,(H,22,26). The van der Waals surface area contributed by atoms with Crippen molar-refractivity contribution in [2.75, 3.05) is 5.32 Å². The smallest absolute Gasteiger partial charge is 0.262 e. The van der Waals surface area contributed by atoms with Crippen LogP contribution >= 0.6 is 0 Å². The third kappa shape index (κ3) is 2.89. The summed E-state index contributed by atoms with van der Waals surface area (Å²) >= 11 is 0. The maximum Gasteiger partial charge on any atom is 0.262 e. The van der Waals surface area contributed by atoms with Crippen molar-refractivity contribution < 1.29 is 4.79 Å². The molecule has 4 rings (SSSR count). The Kier molecular flexibility index (Phi) is 4.03. The first-order valence-corrected chi connectivity index (χ1v) is 8.79. The first kappa shape index (κ1) is 17.0. The average Bonchev–Trinajstić information content (AvgIpc) is 3.03. The fourth-order valence-electron chi connectivity index (χ4n) is 3.43. The zero-order valence-corrected chi connectivity index (χ0v) is 15.5. The minimum atomic E-state index is -0.245. The van der Waals surface area contributed by atoms with Crippen LogP contribution in [0.2, 0.25) is 0 Å². The number of nitrogens with zero attached hydrogens (tertiary/aromatic N) is 3. The molecule has 0 unspecified atom stereocenters. The van der Waals surface area contributed by atoms with Gasteiger partial charge in [-0.25, -0.2) is 4.52 Å². The van der Waals surface area contributed by atoms with E-state index in [1.165, 1.54) is 4.57 Å². The van der Waals surface area contributed by atoms with Crippen LogP contribution in [0.5, 0.6) is 0 Å². The molecule has 0 bridgehead atoms. The number of amides is 1. The molecule has 136 valence electrons. The number of aryl methyl sites for hydroxylation is 3. The van der Waals surface area contributed by atoms with E-state index in [-0.39, 0.29) is 18.0 Å². The van der Waals surface area contributed by atoms with Crippen LogP contribution in [0.3, 0.4) is 0 Å². The Morgan fingerprint density at radius 2 is 1.74 bits per heavy atom. The van der Waals surface area contributed by atoms with Crippen molar-refractivity contribution in [1.29, 1.82) is 0 Å². The molecule has 1 amide bonds. The minimum absolute atomic E-state index is 0.0773. The van der Waals surface area contributed by atoms with Crippen LogP contribution in [0.25, 0.3) is 16.6 Å². The van der Waals surface area contributed by atoms with Crippen LogP contribution in [0.4, 0.5) is 5.69 Å².